The molecule has 1 amide bonds. The van der Waals surface area contributed by atoms with Crippen LogP contribution < -0.4 is 5.32 Å². The van der Waals surface area contributed by atoms with Gasteiger partial charge in [0.2, 0.25) is 0 Å². The van der Waals surface area contributed by atoms with Gasteiger partial charge in [-0.3, -0.25) is 4.79 Å². The molecule has 1 aliphatic rings. The Morgan fingerprint density at radius 3 is 2.26 bits per heavy atom. The molecule has 1 heterocycles. The van der Waals surface area contributed by atoms with E-state index in [9.17, 15) is 4.79 Å². The number of aryl methyl sites for hydroxylation is 1. The van der Waals surface area contributed by atoms with Gasteiger partial charge < -0.3 is 5.32 Å². The minimum Gasteiger partial charge on any atom is -0.307 e. The van der Waals surface area contributed by atoms with Crippen molar-refractivity contribution in [1.82, 2.24) is 5.32 Å². The monoisotopic (exact) mass is 293 g/mol. The van der Waals surface area contributed by atoms with Crippen LogP contribution in [0.1, 0.15) is 38.8 Å². The minimum atomic E-state index is -0.0860. The van der Waals surface area contributed by atoms with E-state index in [4.69, 9.17) is 12.2 Å². The molecule has 19 heavy (non-hydrogen) atoms. The summed E-state index contributed by atoms with van der Waals surface area (Å²) >= 11 is 6.32. The largest absolute Gasteiger partial charge is 0.307 e. The van der Waals surface area contributed by atoms with Crippen molar-refractivity contribution in [2.75, 3.05) is 0 Å². The average Bonchev–Trinajstić information content (AvgIpc) is 2.79. The van der Waals surface area contributed by atoms with Crippen LogP contribution in [0.5, 0.6) is 0 Å². The molecule has 1 aromatic rings. The second kappa shape index (κ2) is 7.46. The number of hydrogen-bond donors (Lipinski definition) is 1. The van der Waals surface area contributed by atoms with E-state index < -0.39 is 0 Å². The van der Waals surface area contributed by atoms with Gasteiger partial charge in [-0.2, -0.15) is 0 Å². The number of hydrogen-bond acceptors (Lipinski definition) is 3. The third-order valence-electron chi connectivity index (χ3n) is 2.75. The summed E-state index contributed by atoms with van der Waals surface area (Å²) in [7, 11) is 0. The van der Waals surface area contributed by atoms with E-state index in [1.165, 1.54) is 17.3 Å². The zero-order valence-electron chi connectivity index (χ0n) is 11.7. The summed E-state index contributed by atoms with van der Waals surface area (Å²) in [4.78, 5) is 12.4. The Balaban J connectivity index is 0.000000861. The quantitative estimate of drug-likeness (QED) is 0.656. The average molecular weight is 293 g/mol. The van der Waals surface area contributed by atoms with E-state index in [1.807, 2.05) is 20.8 Å². The van der Waals surface area contributed by atoms with Gasteiger partial charge in [0.15, 0.2) is 0 Å². The lowest BCUT2D eigenvalue weighted by Gasteiger charge is -2.05. The van der Waals surface area contributed by atoms with Crippen molar-refractivity contribution in [1.29, 1.82) is 0 Å². The molecule has 0 aliphatic carbocycles. The van der Waals surface area contributed by atoms with Crippen LogP contribution in [0.25, 0.3) is 5.57 Å². The number of thiocarbonyl (C=S) groups is 1. The van der Waals surface area contributed by atoms with Crippen molar-refractivity contribution in [2.45, 2.75) is 34.1 Å². The molecule has 2 nitrogen and oxygen atoms in total. The lowest BCUT2D eigenvalue weighted by atomic mass is 10.0. The number of carbonyl (C=O) groups is 1. The van der Waals surface area contributed by atoms with Crippen LogP contribution in [-0.4, -0.2) is 10.2 Å². The Hall–Kier alpha value is -1.13. The molecule has 1 N–H and O–H groups in total. The predicted molar refractivity (Wildman–Crippen MR) is 88.1 cm³/mol. The molecule has 4 heteroatoms. The van der Waals surface area contributed by atoms with E-state index >= 15 is 0 Å². The molecule has 1 aliphatic heterocycles. The Morgan fingerprint density at radius 1 is 1.26 bits per heavy atom. The van der Waals surface area contributed by atoms with Gasteiger partial charge >= 0.3 is 0 Å². The van der Waals surface area contributed by atoms with E-state index in [0.717, 1.165) is 17.6 Å². The first-order valence-corrected chi connectivity index (χ1v) is 7.67. The molecule has 0 bridgehead atoms. The highest BCUT2D eigenvalue weighted by molar-refractivity contribution is 8.26. The van der Waals surface area contributed by atoms with Crippen LogP contribution in [0.3, 0.4) is 0 Å². The van der Waals surface area contributed by atoms with E-state index in [1.54, 1.807) is 0 Å². The Bertz CT molecular complexity index is 503. The molecule has 102 valence electrons. The highest BCUT2D eigenvalue weighted by Gasteiger charge is 2.24. The lowest BCUT2D eigenvalue weighted by Crippen LogP contribution is -2.18. The molecule has 1 aromatic carbocycles. The molecule has 2 rings (SSSR count). The number of amides is 1. The zero-order valence-corrected chi connectivity index (χ0v) is 13.4. The summed E-state index contributed by atoms with van der Waals surface area (Å²) in [6.07, 6.45) is 1.02. The molecule has 1 fully saturated rings. The number of carbonyl (C=O) groups excluding carboxylic acids is 1. The minimum absolute atomic E-state index is 0.0860. The Labute approximate surface area is 124 Å². The zero-order chi connectivity index (χ0) is 14.4. The summed E-state index contributed by atoms with van der Waals surface area (Å²) in [5, 5.41) is 2.64. The first kappa shape index (κ1) is 15.9. The molecule has 0 spiro atoms. The van der Waals surface area contributed by atoms with Crippen LogP contribution >= 0.6 is 24.0 Å². The number of benzene rings is 1. The number of rotatable bonds is 2. The maximum absolute atomic E-state index is 11.6. The van der Waals surface area contributed by atoms with Gasteiger partial charge in [0.1, 0.15) is 4.32 Å². The van der Waals surface area contributed by atoms with Gasteiger partial charge in [-0.05, 0) is 30.0 Å². The lowest BCUT2D eigenvalue weighted by molar-refractivity contribution is -0.115. The second-order valence-corrected chi connectivity index (χ2v) is 5.54. The summed E-state index contributed by atoms with van der Waals surface area (Å²) in [5.74, 6) is -0.0860. The van der Waals surface area contributed by atoms with Crippen molar-refractivity contribution < 1.29 is 4.79 Å². The number of thioether (sulfide) groups is 1. The fourth-order valence-electron chi connectivity index (χ4n) is 1.68. The molecule has 1 saturated heterocycles. The molecular formula is C15H19NOS2. The third-order valence-corrected chi connectivity index (χ3v) is 4.09. The van der Waals surface area contributed by atoms with E-state index in [0.29, 0.717) is 9.23 Å². The summed E-state index contributed by atoms with van der Waals surface area (Å²) in [5.41, 5.74) is 3.35. The Morgan fingerprint density at radius 2 is 1.84 bits per heavy atom. The van der Waals surface area contributed by atoms with E-state index in [-0.39, 0.29) is 5.91 Å². The van der Waals surface area contributed by atoms with Crippen LogP contribution in [0.15, 0.2) is 29.2 Å². The standard InChI is InChI=1S/C13H13NOS2.C2H6/c1-3-9-4-6-10(7-5-9)8(2)11-12(15)14-13(16)17-11;1-2/h4-7H,3H2,1-2H3,(H,14,15,16);1-2H3/b11-8+;. The summed E-state index contributed by atoms with van der Waals surface area (Å²) in [6, 6.07) is 8.29. The van der Waals surface area contributed by atoms with Gasteiger partial charge in [-0.15, -0.1) is 0 Å². The molecule has 0 atom stereocenters. The van der Waals surface area contributed by atoms with Crippen molar-refractivity contribution in [3.8, 4) is 0 Å². The smallest absolute Gasteiger partial charge is 0.263 e. The maximum atomic E-state index is 11.6. The molecular weight excluding hydrogens is 274 g/mol. The summed E-state index contributed by atoms with van der Waals surface area (Å²) in [6.45, 7) is 8.08. The SMILES string of the molecule is CC.CCc1ccc(/C(C)=C2/SC(=S)NC2=O)cc1. The predicted octanol–water partition coefficient (Wildman–Crippen LogP) is 4.15. The van der Waals surface area contributed by atoms with Crippen LogP contribution in [-0.2, 0) is 11.2 Å². The second-order valence-electron chi connectivity index (χ2n) is 3.85. The fourth-order valence-corrected chi connectivity index (χ4v) is 2.77. The fraction of sp³-hybridized carbons (Fsp3) is 0.333. The highest BCUT2D eigenvalue weighted by Crippen LogP contribution is 2.31. The molecule has 0 aromatic heterocycles. The van der Waals surface area contributed by atoms with Crippen LogP contribution in [0.2, 0.25) is 0 Å². The third kappa shape index (κ3) is 3.91. The topological polar surface area (TPSA) is 29.1 Å². The van der Waals surface area contributed by atoms with Gasteiger partial charge in [0.25, 0.3) is 5.91 Å². The number of allylic oxidation sites excluding steroid dienone is 1. The molecule has 0 unspecified atom stereocenters. The van der Waals surface area contributed by atoms with Crippen molar-refractivity contribution >= 4 is 39.8 Å². The normalized spacial score (nSPS) is 16.6. The van der Waals surface area contributed by atoms with Gasteiger partial charge in [-0.25, -0.2) is 0 Å². The Kier molecular flexibility index (Phi) is 6.25. The van der Waals surface area contributed by atoms with Crippen LogP contribution in [0, 0.1) is 0 Å². The molecule has 0 saturated carbocycles. The van der Waals surface area contributed by atoms with Crippen molar-refractivity contribution in [3.63, 3.8) is 0 Å². The van der Waals surface area contributed by atoms with Crippen molar-refractivity contribution in [3.05, 3.63) is 40.3 Å². The van der Waals surface area contributed by atoms with Gasteiger partial charge in [0, 0.05) is 0 Å². The maximum Gasteiger partial charge on any atom is 0.263 e. The highest BCUT2D eigenvalue weighted by atomic mass is 32.2. The van der Waals surface area contributed by atoms with Crippen molar-refractivity contribution in [2.24, 2.45) is 0 Å². The van der Waals surface area contributed by atoms with E-state index in [2.05, 4.69) is 36.5 Å². The van der Waals surface area contributed by atoms with Crippen LogP contribution in [0.4, 0.5) is 0 Å². The van der Waals surface area contributed by atoms with Gasteiger partial charge in [0.05, 0.1) is 4.91 Å². The van der Waals surface area contributed by atoms with Gasteiger partial charge in [-0.1, -0.05) is 69.0 Å². The molecule has 0 radical (unpaired) electrons. The first-order valence-electron chi connectivity index (χ1n) is 6.45. The summed E-state index contributed by atoms with van der Waals surface area (Å²) < 4.78 is 0.537. The first-order chi connectivity index (χ1) is 9.11. The number of nitrogens with one attached hydrogen (secondary N) is 1.